The van der Waals surface area contributed by atoms with E-state index in [1.807, 2.05) is 43.3 Å². The minimum Gasteiger partial charge on any atom is -0.378 e. The number of hydrogen-bond donors (Lipinski definition) is 1. The van der Waals surface area contributed by atoms with Crippen LogP contribution in [0.2, 0.25) is 0 Å². The average Bonchev–Trinajstić information content (AvgIpc) is 3.21. The highest BCUT2D eigenvalue weighted by atomic mass is 19.1. The van der Waals surface area contributed by atoms with E-state index in [2.05, 4.69) is 24.0 Å². The van der Waals surface area contributed by atoms with Crippen molar-refractivity contribution in [2.45, 2.75) is 26.3 Å². The molecule has 150 valence electrons. The van der Waals surface area contributed by atoms with E-state index in [0.717, 1.165) is 34.6 Å². The molecule has 2 aromatic carbocycles. The monoisotopic (exact) mass is 392 g/mol. The predicted octanol–water partition coefficient (Wildman–Crippen LogP) is 4.56. The van der Waals surface area contributed by atoms with E-state index in [1.165, 1.54) is 12.1 Å². The normalized spacial score (nSPS) is 15.9. The molecule has 3 aromatic rings. The summed E-state index contributed by atoms with van der Waals surface area (Å²) >= 11 is 0. The SMILES string of the molecule is CC(C)Cc1n[nH]c2c1C(c1ccc(F)cc1)N(c1ccc(N(C)C)cc1)C2=O. The van der Waals surface area contributed by atoms with Crippen LogP contribution < -0.4 is 9.80 Å². The van der Waals surface area contributed by atoms with Crippen molar-refractivity contribution in [1.29, 1.82) is 0 Å². The number of rotatable bonds is 5. The molecular weight excluding hydrogens is 367 g/mol. The van der Waals surface area contributed by atoms with Crippen LogP contribution in [0.15, 0.2) is 48.5 Å². The number of anilines is 2. The number of nitrogens with zero attached hydrogens (tertiary/aromatic N) is 3. The first kappa shape index (κ1) is 19.2. The zero-order valence-corrected chi connectivity index (χ0v) is 17.1. The van der Waals surface area contributed by atoms with E-state index >= 15 is 0 Å². The Kier molecular flexibility index (Phi) is 4.86. The molecule has 1 atom stereocenters. The van der Waals surface area contributed by atoms with Gasteiger partial charge in [-0.3, -0.25) is 14.8 Å². The van der Waals surface area contributed by atoms with Crippen molar-refractivity contribution in [2.24, 2.45) is 5.92 Å². The van der Waals surface area contributed by atoms with Crippen molar-refractivity contribution in [1.82, 2.24) is 10.2 Å². The number of H-pyrrole nitrogens is 1. The number of fused-ring (bicyclic) bond motifs is 1. The Balaban J connectivity index is 1.84. The Bertz CT molecular complexity index is 1020. The summed E-state index contributed by atoms with van der Waals surface area (Å²) in [5, 5.41) is 7.39. The highest BCUT2D eigenvalue weighted by Gasteiger charge is 2.42. The lowest BCUT2D eigenvalue weighted by Crippen LogP contribution is -2.29. The minimum absolute atomic E-state index is 0.116. The summed E-state index contributed by atoms with van der Waals surface area (Å²) in [4.78, 5) is 17.1. The minimum atomic E-state index is -0.337. The lowest BCUT2D eigenvalue weighted by Gasteiger charge is -2.27. The van der Waals surface area contributed by atoms with Gasteiger partial charge in [0.1, 0.15) is 11.5 Å². The average molecular weight is 392 g/mol. The standard InChI is InChI=1S/C23H25FN4O/c1-14(2)13-19-20-21(26-25-19)23(29)28(18-11-9-17(10-12-18)27(3)4)22(20)15-5-7-16(24)8-6-15/h5-12,14,22H,13H2,1-4H3,(H,25,26). The van der Waals surface area contributed by atoms with E-state index in [9.17, 15) is 9.18 Å². The van der Waals surface area contributed by atoms with Crippen LogP contribution in [0.3, 0.4) is 0 Å². The topological polar surface area (TPSA) is 52.2 Å². The molecule has 0 spiro atoms. The number of aromatic nitrogens is 2. The van der Waals surface area contributed by atoms with E-state index < -0.39 is 0 Å². The lowest BCUT2D eigenvalue weighted by atomic mass is 9.95. The first-order chi connectivity index (χ1) is 13.9. The molecular formula is C23H25FN4O. The first-order valence-corrected chi connectivity index (χ1v) is 9.80. The van der Waals surface area contributed by atoms with Gasteiger partial charge in [0.25, 0.3) is 5.91 Å². The van der Waals surface area contributed by atoms with Crippen LogP contribution >= 0.6 is 0 Å². The summed E-state index contributed by atoms with van der Waals surface area (Å²) in [6, 6.07) is 13.9. The molecule has 1 N–H and O–H groups in total. The number of benzene rings is 2. The highest BCUT2D eigenvalue weighted by Crippen LogP contribution is 2.43. The van der Waals surface area contributed by atoms with Crippen molar-refractivity contribution in [3.63, 3.8) is 0 Å². The van der Waals surface area contributed by atoms with E-state index in [0.29, 0.717) is 11.6 Å². The number of nitrogens with one attached hydrogen (secondary N) is 1. The Labute approximate surface area is 170 Å². The number of carbonyl (C=O) groups is 1. The molecule has 0 bridgehead atoms. The lowest BCUT2D eigenvalue weighted by molar-refractivity contribution is 0.0988. The van der Waals surface area contributed by atoms with Gasteiger partial charge >= 0.3 is 0 Å². The van der Waals surface area contributed by atoms with Crippen LogP contribution in [0.5, 0.6) is 0 Å². The fourth-order valence-electron chi connectivity index (χ4n) is 3.89. The smallest absolute Gasteiger partial charge is 0.277 e. The number of amides is 1. The second-order valence-electron chi connectivity index (χ2n) is 8.10. The highest BCUT2D eigenvalue weighted by molar-refractivity contribution is 6.10. The van der Waals surface area contributed by atoms with Gasteiger partial charge in [-0.2, -0.15) is 5.10 Å². The quantitative estimate of drug-likeness (QED) is 0.692. The molecule has 0 saturated carbocycles. The zero-order chi connectivity index (χ0) is 20.7. The molecule has 1 aliphatic heterocycles. The van der Waals surface area contributed by atoms with Crippen molar-refractivity contribution >= 4 is 17.3 Å². The Hall–Kier alpha value is -3.15. The van der Waals surface area contributed by atoms with E-state index in [1.54, 1.807) is 17.0 Å². The number of halogens is 1. The largest absolute Gasteiger partial charge is 0.378 e. The van der Waals surface area contributed by atoms with Gasteiger partial charge in [-0.1, -0.05) is 26.0 Å². The van der Waals surface area contributed by atoms with Gasteiger partial charge in [0.15, 0.2) is 0 Å². The summed E-state index contributed by atoms with van der Waals surface area (Å²) in [5.74, 6) is -0.0102. The summed E-state index contributed by atoms with van der Waals surface area (Å²) in [5.41, 5.74) is 5.03. The zero-order valence-electron chi connectivity index (χ0n) is 17.1. The van der Waals surface area contributed by atoms with Crippen LogP contribution in [0.4, 0.5) is 15.8 Å². The Morgan fingerprint density at radius 2 is 1.76 bits per heavy atom. The summed E-state index contributed by atoms with van der Waals surface area (Å²) < 4.78 is 13.6. The van der Waals surface area contributed by atoms with Gasteiger partial charge in [-0.15, -0.1) is 0 Å². The van der Waals surface area contributed by atoms with Gasteiger partial charge in [0.2, 0.25) is 0 Å². The molecule has 1 amide bonds. The molecule has 1 unspecified atom stereocenters. The molecule has 6 heteroatoms. The maximum absolute atomic E-state index is 13.6. The Morgan fingerprint density at radius 3 is 2.34 bits per heavy atom. The molecule has 0 aliphatic carbocycles. The number of hydrogen-bond acceptors (Lipinski definition) is 3. The van der Waals surface area contributed by atoms with Crippen molar-refractivity contribution < 1.29 is 9.18 Å². The molecule has 0 saturated heterocycles. The van der Waals surface area contributed by atoms with Crippen molar-refractivity contribution in [3.8, 4) is 0 Å². The van der Waals surface area contributed by atoms with Crippen LogP contribution in [-0.2, 0) is 6.42 Å². The van der Waals surface area contributed by atoms with Crippen molar-refractivity contribution in [3.05, 3.63) is 76.9 Å². The third-order valence-corrected chi connectivity index (χ3v) is 5.28. The molecule has 4 rings (SSSR count). The maximum atomic E-state index is 13.6. The number of carbonyl (C=O) groups excluding carboxylic acids is 1. The second-order valence-corrected chi connectivity index (χ2v) is 8.10. The van der Waals surface area contributed by atoms with Crippen LogP contribution in [0, 0.1) is 11.7 Å². The fraction of sp³-hybridized carbons (Fsp3) is 0.304. The Morgan fingerprint density at radius 1 is 1.10 bits per heavy atom. The van der Waals surface area contributed by atoms with Gasteiger partial charge in [0.05, 0.1) is 11.7 Å². The third kappa shape index (κ3) is 3.39. The molecule has 1 aliphatic rings. The fourth-order valence-corrected chi connectivity index (χ4v) is 3.89. The number of aromatic amines is 1. The maximum Gasteiger partial charge on any atom is 0.277 e. The first-order valence-electron chi connectivity index (χ1n) is 9.80. The van der Waals surface area contributed by atoms with E-state index in [-0.39, 0.29) is 17.8 Å². The molecule has 1 aromatic heterocycles. The van der Waals surface area contributed by atoms with Gasteiger partial charge < -0.3 is 4.90 Å². The molecule has 29 heavy (non-hydrogen) atoms. The molecule has 5 nitrogen and oxygen atoms in total. The molecule has 0 radical (unpaired) electrons. The predicted molar refractivity (Wildman–Crippen MR) is 113 cm³/mol. The van der Waals surface area contributed by atoms with E-state index in [4.69, 9.17) is 0 Å². The molecule has 0 fully saturated rings. The summed E-state index contributed by atoms with van der Waals surface area (Å²) in [6.45, 7) is 4.25. The van der Waals surface area contributed by atoms with Crippen LogP contribution in [0.1, 0.15) is 47.2 Å². The third-order valence-electron chi connectivity index (χ3n) is 5.28. The van der Waals surface area contributed by atoms with Crippen molar-refractivity contribution in [2.75, 3.05) is 23.9 Å². The molecule has 2 heterocycles. The van der Waals surface area contributed by atoms with Crippen LogP contribution in [0.25, 0.3) is 0 Å². The summed E-state index contributed by atoms with van der Waals surface area (Å²) in [6.07, 6.45) is 0.768. The van der Waals surface area contributed by atoms with Gasteiger partial charge in [-0.25, -0.2) is 4.39 Å². The second kappa shape index (κ2) is 7.35. The van der Waals surface area contributed by atoms with Gasteiger partial charge in [0, 0.05) is 31.0 Å². The summed E-state index contributed by atoms with van der Waals surface area (Å²) in [7, 11) is 3.96. The van der Waals surface area contributed by atoms with Gasteiger partial charge in [-0.05, 0) is 54.3 Å². The van der Waals surface area contributed by atoms with Crippen LogP contribution in [-0.4, -0.2) is 30.2 Å².